The van der Waals surface area contributed by atoms with Crippen molar-refractivity contribution in [3.63, 3.8) is 0 Å². The van der Waals surface area contributed by atoms with Gasteiger partial charge < -0.3 is 5.11 Å². The molecule has 1 N–H and O–H groups in total. The molecule has 82 valence electrons. The molecule has 0 saturated heterocycles. The minimum Gasteiger partial charge on any atom is -0.476 e. The first-order valence-electron chi connectivity index (χ1n) is 4.33. The first kappa shape index (κ1) is 11.8. The molecule has 1 aromatic rings. The van der Waals surface area contributed by atoms with Crippen molar-refractivity contribution >= 4 is 19.2 Å². The van der Waals surface area contributed by atoms with Crippen LogP contribution in [0.4, 0.5) is 8.78 Å². The van der Waals surface area contributed by atoms with E-state index < -0.39 is 31.5 Å². The Morgan fingerprint density at radius 2 is 1.93 bits per heavy atom. The number of carboxylic acid groups (broad SMARTS) is 1. The van der Waals surface area contributed by atoms with Crippen LogP contribution in [0.1, 0.15) is 10.5 Å². The first-order valence-corrected chi connectivity index (χ1v) is 7.83. The Morgan fingerprint density at radius 1 is 1.40 bits per heavy atom. The summed E-state index contributed by atoms with van der Waals surface area (Å²) in [4.78, 5) is 13.6. The van der Waals surface area contributed by atoms with E-state index in [2.05, 4.69) is 4.98 Å². The molecule has 0 fully saturated rings. The highest BCUT2D eigenvalue weighted by Crippen LogP contribution is 2.10. The highest BCUT2D eigenvalue weighted by molar-refractivity contribution is 6.88. The Morgan fingerprint density at radius 3 is 2.33 bits per heavy atom. The van der Waals surface area contributed by atoms with E-state index in [-0.39, 0.29) is 5.19 Å². The summed E-state index contributed by atoms with van der Waals surface area (Å²) in [5.74, 6) is -3.42. The van der Waals surface area contributed by atoms with Crippen LogP contribution in [0.2, 0.25) is 19.6 Å². The molecule has 0 aliphatic rings. The lowest BCUT2D eigenvalue weighted by atomic mass is 10.3. The Balaban J connectivity index is 3.49. The molecule has 0 radical (unpaired) electrons. The molecule has 3 nitrogen and oxygen atoms in total. The van der Waals surface area contributed by atoms with Crippen LogP contribution >= 0.6 is 0 Å². The number of carbonyl (C=O) groups is 1. The van der Waals surface area contributed by atoms with Gasteiger partial charge in [-0.1, -0.05) is 19.6 Å². The van der Waals surface area contributed by atoms with Crippen molar-refractivity contribution in [2.45, 2.75) is 19.6 Å². The van der Waals surface area contributed by atoms with E-state index in [1.54, 1.807) is 19.6 Å². The third-order valence-electron chi connectivity index (χ3n) is 1.94. The number of aromatic carboxylic acids is 1. The largest absolute Gasteiger partial charge is 0.476 e. The van der Waals surface area contributed by atoms with Crippen LogP contribution in [0.3, 0.4) is 0 Å². The van der Waals surface area contributed by atoms with Crippen LogP contribution in [-0.2, 0) is 0 Å². The van der Waals surface area contributed by atoms with E-state index in [1.807, 2.05) is 0 Å². The second kappa shape index (κ2) is 3.69. The van der Waals surface area contributed by atoms with E-state index >= 15 is 0 Å². The molecule has 6 heteroatoms. The number of pyridine rings is 1. The van der Waals surface area contributed by atoms with E-state index in [0.29, 0.717) is 0 Å². The average molecular weight is 231 g/mol. The summed E-state index contributed by atoms with van der Waals surface area (Å²) in [6.45, 7) is 5.41. The van der Waals surface area contributed by atoms with E-state index in [0.717, 1.165) is 6.07 Å². The topological polar surface area (TPSA) is 50.2 Å². The number of rotatable bonds is 2. The number of aromatic nitrogens is 1. The Kier molecular flexibility index (Phi) is 2.90. The lowest BCUT2D eigenvalue weighted by molar-refractivity contribution is 0.0683. The van der Waals surface area contributed by atoms with E-state index in [4.69, 9.17) is 5.11 Å². The zero-order valence-corrected chi connectivity index (χ0v) is 9.64. The fraction of sp³-hybridized carbons (Fsp3) is 0.333. The molecule has 15 heavy (non-hydrogen) atoms. The molecule has 0 atom stereocenters. The second-order valence-electron chi connectivity index (χ2n) is 4.21. The number of hydrogen-bond acceptors (Lipinski definition) is 2. The van der Waals surface area contributed by atoms with Gasteiger partial charge in [0.25, 0.3) is 0 Å². The maximum atomic E-state index is 13.6. The molecule has 0 amide bonds. The summed E-state index contributed by atoms with van der Waals surface area (Å²) in [6, 6.07) is 0.980. The van der Waals surface area contributed by atoms with Crippen LogP contribution in [0, 0.1) is 11.8 Å². The summed E-state index contributed by atoms with van der Waals surface area (Å²) < 4.78 is 26.6. The SMILES string of the molecule is C[Si](C)(C)c1cc(F)nc(C(=O)O)c1F. The quantitative estimate of drug-likeness (QED) is 0.621. The van der Waals surface area contributed by atoms with Crippen molar-refractivity contribution in [1.82, 2.24) is 4.98 Å². The molecule has 0 aliphatic heterocycles. The first-order chi connectivity index (χ1) is 6.73. The van der Waals surface area contributed by atoms with E-state index in [1.165, 1.54) is 0 Å². The molecule has 1 aromatic heterocycles. The monoisotopic (exact) mass is 231 g/mol. The number of carboxylic acids is 1. The van der Waals surface area contributed by atoms with Gasteiger partial charge in [0.05, 0.1) is 8.07 Å². The summed E-state index contributed by atoms with van der Waals surface area (Å²) in [5, 5.41) is 8.77. The molecular formula is C9H11F2NO2Si. The maximum Gasteiger partial charge on any atom is 0.357 e. The number of nitrogens with zero attached hydrogens (tertiary/aromatic N) is 1. The predicted octanol–water partition coefficient (Wildman–Crippen LogP) is 1.60. The molecule has 0 bridgehead atoms. The van der Waals surface area contributed by atoms with Gasteiger partial charge in [0, 0.05) is 0 Å². The summed E-state index contributed by atoms with van der Waals surface area (Å²) in [6.07, 6.45) is 0. The van der Waals surface area contributed by atoms with Gasteiger partial charge in [-0.25, -0.2) is 14.2 Å². The standard InChI is InChI=1S/C9H11F2NO2Si/c1-15(2,3)5-4-6(10)12-8(7(5)11)9(13)14/h4H,1-3H3,(H,13,14). The van der Waals surface area contributed by atoms with Gasteiger partial charge in [0.1, 0.15) is 0 Å². The van der Waals surface area contributed by atoms with Gasteiger partial charge in [-0.05, 0) is 11.3 Å². The van der Waals surface area contributed by atoms with Crippen LogP contribution in [0.15, 0.2) is 6.07 Å². The molecule has 0 aliphatic carbocycles. The van der Waals surface area contributed by atoms with Gasteiger partial charge >= 0.3 is 5.97 Å². The Hall–Kier alpha value is -1.30. The molecule has 0 saturated carbocycles. The minimum atomic E-state index is -2.10. The van der Waals surface area contributed by atoms with Crippen LogP contribution in [0.5, 0.6) is 0 Å². The van der Waals surface area contributed by atoms with E-state index in [9.17, 15) is 13.6 Å². The minimum absolute atomic E-state index is 0.146. The molecule has 0 spiro atoms. The molecular weight excluding hydrogens is 220 g/mol. The summed E-state index contributed by atoms with van der Waals surface area (Å²) >= 11 is 0. The van der Waals surface area contributed by atoms with Crippen molar-refractivity contribution in [1.29, 1.82) is 0 Å². The molecule has 0 aromatic carbocycles. The molecule has 1 heterocycles. The fourth-order valence-electron chi connectivity index (χ4n) is 1.19. The Labute approximate surface area is 86.8 Å². The van der Waals surface area contributed by atoms with Crippen LogP contribution in [0.25, 0.3) is 0 Å². The Bertz CT molecular complexity index is 415. The van der Waals surface area contributed by atoms with Gasteiger partial charge in [-0.2, -0.15) is 4.39 Å². The molecule has 0 unspecified atom stereocenters. The normalized spacial score (nSPS) is 11.5. The van der Waals surface area contributed by atoms with Crippen LogP contribution in [-0.4, -0.2) is 24.1 Å². The number of halogens is 2. The van der Waals surface area contributed by atoms with Gasteiger partial charge in [0.15, 0.2) is 11.5 Å². The van der Waals surface area contributed by atoms with Crippen molar-refractivity contribution in [3.05, 3.63) is 23.5 Å². The third-order valence-corrected chi connectivity index (χ3v) is 3.92. The highest BCUT2D eigenvalue weighted by atomic mass is 28.3. The smallest absolute Gasteiger partial charge is 0.357 e. The van der Waals surface area contributed by atoms with Crippen molar-refractivity contribution in [3.8, 4) is 0 Å². The zero-order chi connectivity index (χ0) is 11.8. The summed E-state index contributed by atoms with van der Waals surface area (Å²) in [5.41, 5.74) is -0.840. The average Bonchev–Trinajstić information content (AvgIpc) is 2.06. The maximum absolute atomic E-state index is 13.6. The van der Waals surface area contributed by atoms with Gasteiger partial charge in [0.2, 0.25) is 5.95 Å². The molecule has 1 rings (SSSR count). The third kappa shape index (κ3) is 2.38. The van der Waals surface area contributed by atoms with Crippen molar-refractivity contribution < 1.29 is 18.7 Å². The van der Waals surface area contributed by atoms with Crippen molar-refractivity contribution in [2.75, 3.05) is 0 Å². The zero-order valence-electron chi connectivity index (χ0n) is 8.64. The second-order valence-corrected chi connectivity index (χ2v) is 9.25. The lowest BCUT2D eigenvalue weighted by Gasteiger charge is -2.17. The fourth-order valence-corrected chi connectivity index (χ4v) is 2.51. The van der Waals surface area contributed by atoms with Crippen LogP contribution < -0.4 is 5.19 Å². The van der Waals surface area contributed by atoms with Crippen molar-refractivity contribution in [2.24, 2.45) is 0 Å². The highest BCUT2D eigenvalue weighted by Gasteiger charge is 2.27. The van der Waals surface area contributed by atoms with Gasteiger partial charge in [-0.3, -0.25) is 0 Å². The lowest BCUT2D eigenvalue weighted by Crippen LogP contribution is -2.41. The summed E-state index contributed by atoms with van der Waals surface area (Å²) in [7, 11) is -2.10. The predicted molar refractivity (Wildman–Crippen MR) is 54.1 cm³/mol. The number of hydrogen-bond donors (Lipinski definition) is 1. The van der Waals surface area contributed by atoms with Gasteiger partial charge in [-0.15, -0.1) is 0 Å².